The lowest BCUT2D eigenvalue weighted by Crippen LogP contribution is -2.32. The molecule has 0 saturated heterocycles. The minimum Gasteiger partial charge on any atom is -0.266 e. The Labute approximate surface area is 141 Å². The van der Waals surface area contributed by atoms with Crippen LogP contribution in [0.25, 0.3) is 0 Å². The number of amides is 2. The third-order valence-electron chi connectivity index (χ3n) is 3.09. The molecule has 0 N–H and O–H groups in total. The molecule has 0 atom stereocenters. The summed E-state index contributed by atoms with van der Waals surface area (Å²) in [6.45, 7) is 0. The molecule has 2 aromatic rings. The van der Waals surface area contributed by atoms with Gasteiger partial charge in [-0.3, -0.25) is 9.59 Å². The molecule has 1 aliphatic rings. The largest absolute Gasteiger partial charge is 0.319 e. The number of benzene rings is 2. The molecular formula is C14H7Cl2NO5S. The lowest BCUT2D eigenvalue weighted by Gasteiger charge is -2.13. The summed E-state index contributed by atoms with van der Waals surface area (Å²) >= 11 is 11.6. The van der Waals surface area contributed by atoms with Gasteiger partial charge in [0.25, 0.3) is 11.8 Å². The highest BCUT2D eigenvalue weighted by Gasteiger charge is 2.40. The average molecular weight is 372 g/mol. The smallest absolute Gasteiger partial charge is 0.266 e. The highest BCUT2D eigenvalue weighted by molar-refractivity contribution is 7.86. The number of carbonyl (C=O) groups excluding carboxylic acids is 2. The van der Waals surface area contributed by atoms with Gasteiger partial charge in [0.1, 0.15) is 4.90 Å². The molecule has 0 fully saturated rings. The molecule has 0 aliphatic carbocycles. The van der Waals surface area contributed by atoms with Crippen molar-refractivity contribution in [3.63, 3.8) is 0 Å². The number of halogens is 2. The molecule has 0 spiro atoms. The fraction of sp³-hybridized carbons (Fsp3) is 0. The van der Waals surface area contributed by atoms with Gasteiger partial charge in [0.15, 0.2) is 0 Å². The predicted octanol–water partition coefficient (Wildman–Crippen LogP) is 2.91. The van der Waals surface area contributed by atoms with Crippen molar-refractivity contribution in [1.82, 2.24) is 5.06 Å². The van der Waals surface area contributed by atoms with Gasteiger partial charge in [-0.25, -0.2) is 0 Å². The number of nitrogens with zero attached hydrogens (tertiary/aromatic N) is 1. The van der Waals surface area contributed by atoms with Crippen molar-refractivity contribution in [3.8, 4) is 0 Å². The maximum absolute atomic E-state index is 12.3. The Bertz CT molecular complexity index is 907. The van der Waals surface area contributed by atoms with Crippen LogP contribution in [0.5, 0.6) is 0 Å². The fourth-order valence-electron chi connectivity index (χ4n) is 2.04. The SMILES string of the molecule is O=C1c2ccccc2C(=O)N1OS(=O)(=O)c1cc(Cl)ccc1Cl. The third kappa shape index (κ3) is 2.72. The number of hydrogen-bond acceptors (Lipinski definition) is 5. The van der Waals surface area contributed by atoms with E-state index in [1.165, 1.54) is 24.3 Å². The molecule has 2 amide bonds. The minimum atomic E-state index is -4.51. The summed E-state index contributed by atoms with van der Waals surface area (Å²) in [5, 5.41) is 0.155. The van der Waals surface area contributed by atoms with Crippen LogP contribution < -0.4 is 0 Å². The maximum atomic E-state index is 12.3. The van der Waals surface area contributed by atoms with Crippen LogP contribution in [0.2, 0.25) is 10.0 Å². The second kappa shape index (κ2) is 5.61. The molecular weight excluding hydrogens is 365 g/mol. The number of imide groups is 1. The average Bonchev–Trinajstić information content (AvgIpc) is 2.75. The first-order valence-electron chi connectivity index (χ1n) is 6.19. The zero-order valence-corrected chi connectivity index (χ0v) is 13.5. The maximum Gasteiger partial charge on any atom is 0.319 e. The van der Waals surface area contributed by atoms with Crippen molar-refractivity contribution >= 4 is 45.1 Å². The van der Waals surface area contributed by atoms with E-state index in [1.807, 2.05) is 0 Å². The lowest BCUT2D eigenvalue weighted by atomic mass is 10.1. The lowest BCUT2D eigenvalue weighted by molar-refractivity contribution is -0.0103. The predicted molar refractivity (Wildman–Crippen MR) is 81.7 cm³/mol. The number of rotatable bonds is 3. The van der Waals surface area contributed by atoms with Crippen LogP contribution in [0.1, 0.15) is 20.7 Å². The van der Waals surface area contributed by atoms with E-state index in [-0.39, 0.29) is 26.2 Å². The zero-order chi connectivity index (χ0) is 16.8. The Balaban J connectivity index is 1.98. The summed E-state index contributed by atoms with van der Waals surface area (Å²) < 4.78 is 29.3. The Morgan fingerprint density at radius 2 is 1.48 bits per heavy atom. The topological polar surface area (TPSA) is 80.8 Å². The van der Waals surface area contributed by atoms with E-state index in [9.17, 15) is 18.0 Å². The second-order valence-electron chi connectivity index (χ2n) is 4.55. The molecule has 0 unspecified atom stereocenters. The van der Waals surface area contributed by atoms with Gasteiger partial charge in [-0.2, -0.15) is 8.42 Å². The summed E-state index contributed by atoms with van der Waals surface area (Å²) in [7, 11) is -4.51. The van der Waals surface area contributed by atoms with E-state index in [0.717, 1.165) is 6.07 Å². The Hall–Kier alpha value is -1.93. The van der Waals surface area contributed by atoms with Crippen LogP contribution in [-0.2, 0) is 14.4 Å². The molecule has 0 aromatic heterocycles. The molecule has 1 heterocycles. The van der Waals surface area contributed by atoms with Crippen LogP contribution in [0, 0.1) is 0 Å². The summed E-state index contributed by atoms with van der Waals surface area (Å²) in [6.07, 6.45) is 0. The van der Waals surface area contributed by atoms with Crippen molar-refractivity contribution in [2.24, 2.45) is 0 Å². The molecule has 0 bridgehead atoms. The third-order valence-corrected chi connectivity index (χ3v) is 4.99. The summed E-state index contributed by atoms with van der Waals surface area (Å²) in [5.41, 5.74) is 0.120. The highest BCUT2D eigenvalue weighted by Crippen LogP contribution is 2.29. The standard InChI is InChI=1S/C14H7Cl2NO5S/c15-8-5-6-11(16)12(7-8)23(20,21)22-17-13(18)9-3-1-2-4-10(9)14(17)19/h1-7H. The summed E-state index contributed by atoms with van der Waals surface area (Å²) in [6, 6.07) is 9.63. The number of hydroxylamine groups is 2. The van der Waals surface area contributed by atoms with Crippen molar-refractivity contribution in [2.45, 2.75) is 4.90 Å². The fourth-order valence-corrected chi connectivity index (χ4v) is 3.67. The van der Waals surface area contributed by atoms with Crippen LogP contribution in [0.4, 0.5) is 0 Å². The van der Waals surface area contributed by atoms with E-state index >= 15 is 0 Å². The van der Waals surface area contributed by atoms with Crippen LogP contribution in [0.3, 0.4) is 0 Å². The number of carbonyl (C=O) groups is 2. The van der Waals surface area contributed by atoms with Crippen molar-refractivity contribution in [3.05, 3.63) is 63.6 Å². The summed E-state index contributed by atoms with van der Waals surface area (Å²) in [5.74, 6) is -1.74. The van der Waals surface area contributed by atoms with Crippen LogP contribution >= 0.6 is 23.2 Å². The van der Waals surface area contributed by atoms with Crippen molar-refractivity contribution in [1.29, 1.82) is 0 Å². The van der Waals surface area contributed by atoms with E-state index in [2.05, 4.69) is 0 Å². The van der Waals surface area contributed by atoms with E-state index in [4.69, 9.17) is 27.5 Å². The zero-order valence-electron chi connectivity index (χ0n) is 11.2. The van der Waals surface area contributed by atoms with Gasteiger partial charge in [-0.05, 0) is 30.3 Å². The first kappa shape index (κ1) is 15.9. The molecule has 3 rings (SSSR count). The van der Waals surface area contributed by atoms with Gasteiger partial charge in [0.05, 0.1) is 16.1 Å². The molecule has 23 heavy (non-hydrogen) atoms. The molecule has 0 saturated carbocycles. The van der Waals surface area contributed by atoms with Crippen molar-refractivity contribution < 1.29 is 22.3 Å². The second-order valence-corrected chi connectivity index (χ2v) is 6.89. The molecule has 9 heteroatoms. The Morgan fingerprint density at radius 1 is 0.913 bits per heavy atom. The van der Waals surface area contributed by atoms with Crippen LogP contribution in [0.15, 0.2) is 47.4 Å². The molecule has 2 aromatic carbocycles. The van der Waals surface area contributed by atoms with Gasteiger partial charge in [-0.1, -0.05) is 35.3 Å². The minimum absolute atomic E-state index is 0.0601. The van der Waals surface area contributed by atoms with Gasteiger partial charge < -0.3 is 0 Å². The van der Waals surface area contributed by atoms with Crippen molar-refractivity contribution in [2.75, 3.05) is 0 Å². The van der Waals surface area contributed by atoms with Crippen LogP contribution in [-0.4, -0.2) is 25.3 Å². The highest BCUT2D eigenvalue weighted by atomic mass is 35.5. The van der Waals surface area contributed by atoms with E-state index in [1.54, 1.807) is 12.1 Å². The van der Waals surface area contributed by atoms with Gasteiger partial charge in [0.2, 0.25) is 0 Å². The molecule has 6 nitrogen and oxygen atoms in total. The number of fused-ring (bicyclic) bond motifs is 1. The Morgan fingerprint density at radius 3 is 2.04 bits per heavy atom. The normalized spacial score (nSPS) is 14.3. The molecule has 118 valence electrons. The van der Waals surface area contributed by atoms with E-state index in [0.29, 0.717) is 0 Å². The first-order valence-corrected chi connectivity index (χ1v) is 8.35. The quantitative estimate of drug-likeness (QED) is 0.774. The number of hydrogen-bond donors (Lipinski definition) is 0. The van der Waals surface area contributed by atoms with E-state index < -0.39 is 26.8 Å². The summed E-state index contributed by atoms with van der Waals surface area (Å²) in [4.78, 5) is 23.8. The first-order chi connectivity index (χ1) is 10.8. The van der Waals surface area contributed by atoms with Gasteiger partial charge in [-0.15, -0.1) is 9.35 Å². The van der Waals surface area contributed by atoms with Gasteiger partial charge in [0, 0.05) is 5.02 Å². The Kier molecular flexibility index (Phi) is 3.89. The monoisotopic (exact) mass is 371 g/mol. The molecule has 1 aliphatic heterocycles. The van der Waals surface area contributed by atoms with Gasteiger partial charge >= 0.3 is 10.1 Å². The molecule has 0 radical (unpaired) electrons.